The van der Waals surface area contributed by atoms with E-state index in [9.17, 15) is 18.0 Å². The molecule has 0 unspecified atom stereocenters. The number of aromatic nitrogens is 1. The summed E-state index contributed by atoms with van der Waals surface area (Å²) in [5, 5.41) is 7.68. The van der Waals surface area contributed by atoms with Crippen molar-refractivity contribution in [3.63, 3.8) is 0 Å². The predicted molar refractivity (Wildman–Crippen MR) is 118 cm³/mol. The number of amidine groups is 1. The van der Waals surface area contributed by atoms with Crippen LogP contribution in [0.3, 0.4) is 0 Å². The van der Waals surface area contributed by atoms with Crippen molar-refractivity contribution in [2.24, 2.45) is 4.40 Å². The molecule has 2 fully saturated rings. The fraction of sp³-hybridized carbons (Fsp3) is 0.368. The molecule has 2 aliphatic heterocycles. The largest absolute Gasteiger partial charge is 0.362 e. The molecular formula is C19H22N6O4S2. The highest BCUT2D eigenvalue weighted by Crippen LogP contribution is 2.23. The summed E-state index contributed by atoms with van der Waals surface area (Å²) in [5.74, 6) is 0.208. The molecule has 0 saturated carbocycles. The molecule has 0 atom stereocenters. The molecule has 2 N–H and O–H groups in total. The minimum Gasteiger partial charge on any atom is -0.362 e. The monoisotopic (exact) mass is 462 g/mol. The van der Waals surface area contributed by atoms with E-state index in [1.807, 2.05) is 11.9 Å². The Bertz CT molecular complexity index is 1140. The van der Waals surface area contributed by atoms with Crippen molar-refractivity contribution in [2.45, 2.75) is 24.2 Å². The van der Waals surface area contributed by atoms with Crippen molar-refractivity contribution in [2.75, 3.05) is 36.9 Å². The lowest BCUT2D eigenvalue weighted by atomic mass is 10.3. The number of carbonyl (C=O) groups excluding carboxylic acids is 2. The maximum atomic E-state index is 12.6. The predicted octanol–water partition coefficient (Wildman–Crippen LogP) is 1.67. The van der Waals surface area contributed by atoms with Crippen LogP contribution >= 0.6 is 11.3 Å². The molecule has 3 amide bonds. The average Bonchev–Trinajstić information content (AvgIpc) is 3.44. The molecule has 1 aromatic heterocycles. The van der Waals surface area contributed by atoms with Crippen LogP contribution in [0.2, 0.25) is 0 Å². The Balaban J connectivity index is 1.42. The van der Waals surface area contributed by atoms with E-state index in [1.165, 1.54) is 28.4 Å². The van der Waals surface area contributed by atoms with E-state index >= 15 is 0 Å². The van der Waals surface area contributed by atoms with Crippen molar-refractivity contribution in [1.29, 1.82) is 0 Å². The van der Waals surface area contributed by atoms with Gasteiger partial charge in [-0.15, -0.1) is 15.7 Å². The molecule has 0 aliphatic carbocycles. The van der Waals surface area contributed by atoms with Crippen LogP contribution in [0.5, 0.6) is 0 Å². The Morgan fingerprint density at radius 1 is 1.35 bits per heavy atom. The number of hydrogen-bond donors (Lipinski definition) is 2. The molecule has 0 radical (unpaired) electrons. The zero-order valence-electron chi connectivity index (χ0n) is 16.9. The van der Waals surface area contributed by atoms with Gasteiger partial charge in [0.15, 0.2) is 5.13 Å². The van der Waals surface area contributed by atoms with Crippen molar-refractivity contribution in [3.8, 4) is 0 Å². The third kappa shape index (κ3) is 4.85. The van der Waals surface area contributed by atoms with Crippen LogP contribution in [0.25, 0.3) is 0 Å². The maximum Gasteiger partial charge on any atom is 0.323 e. The molecule has 1 aromatic carbocycles. The number of hydrogen-bond acceptors (Lipinski definition) is 6. The van der Waals surface area contributed by atoms with Gasteiger partial charge < -0.3 is 15.5 Å². The van der Waals surface area contributed by atoms with Crippen LogP contribution in [0.4, 0.5) is 15.6 Å². The Morgan fingerprint density at radius 3 is 2.90 bits per heavy atom. The molecule has 2 aliphatic rings. The highest BCUT2D eigenvalue weighted by molar-refractivity contribution is 7.90. The first kappa shape index (κ1) is 21.2. The normalized spacial score (nSPS) is 18.0. The number of anilines is 2. The van der Waals surface area contributed by atoms with Crippen molar-refractivity contribution < 1.29 is 18.0 Å². The average molecular weight is 463 g/mol. The van der Waals surface area contributed by atoms with Crippen LogP contribution in [-0.4, -0.2) is 62.8 Å². The molecule has 12 heteroatoms. The summed E-state index contributed by atoms with van der Waals surface area (Å²) in [6.07, 6.45) is 1.51. The van der Waals surface area contributed by atoms with Gasteiger partial charge in [-0.1, -0.05) is 6.07 Å². The van der Waals surface area contributed by atoms with E-state index in [1.54, 1.807) is 17.5 Å². The Hall–Kier alpha value is -2.99. The molecular weight excluding hydrogens is 440 g/mol. The van der Waals surface area contributed by atoms with Crippen molar-refractivity contribution in [1.82, 2.24) is 15.2 Å². The quantitative estimate of drug-likeness (QED) is 0.673. The van der Waals surface area contributed by atoms with Crippen molar-refractivity contribution in [3.05, 3.63) is 35.3 Å². The van der Waals surface area contributed by atoms with Crippen LogP contribution < -0.4 is 15.5 Å². The van der Waals surface area contributed by atoms with E-state index in [2.05, 4.69) is 20.0 Å². The van der Waals surface area contributed by atoms with Gasteiger partial charge in [-0.25, -0.2) is 9.78 Å². The number of benzene rings is 1. The second-order valence-corrected chi connectivity index (χ2v) is 9.71. The van der Waals surface area contributed by atoms with Gasteiger partial charge in [0, 0.05) is 44.2 Å². The first-order valence-electron chi connectivity index (χ1n) is 9.76. The lowest BCUT2D eigenvalue weighted by Crippen LogP contribution is -2.27. The second-order valence-electron chi connectivity index (χ2n) is 7.27. The molecule has 164 valence electrons. The lowest BCUT2D eigenvalue weighted by molar-refractivity contribution is -0.115. The number of rotatable bonds is 6. The minimum atomic E-state index is -3.86. The molecule has 2 aromatic rings. The zero-order valence-corrected chi connectivity index (χ0v) is 18.5. The molecule has 0 bridgehead atoms. The highest BCUT2D eigenvalue weighted by atomic mass is 32.2. The Morgan fingerprint density at radius 2 is 2.19 bits per heavy atom. The number of carbonyl (C=O) groups is 2. The zero-order chi connectivity index (χ0) is 22.0. The number of urea groups is 1. The minimum absolute atomic E-state index is 0.00995. The van der Waals surface area contributed by atoms with Crippen LogP contribution in [0.15, 0.2) is 38.9 Å². The third-order valence-electron chi connectivity index (χ3n) is 4.94. The van der Waals surface area contributed by atoms with Crippen LogP contribution in [0.1, 0.15) is 18.5 Å². The van der Waals surface area contributed by atoms with E-state index < -0.39 is 10.0 Å². The smallest absolute Gasteiger partial charge is 0.323 e. The number of sulfonamides is 1. The number of nitrogens with zero attached hydrogens (tertiary/aromatic N) is 4. The standard InChI is InChI=1S/C19H22N6O4S2/c1-24-8-3-6-16(24)23-31(28,29)15-5-2-4-13(10-15)21-17(26)11-14-12-30-19(22-14)25-9-7-20-18(25)27/h2,4-5,10,12H,3,6-9,11H2,1H3,(H,20,27)(H,21,26)/b23-16+. The van der Waals surface area contributed by atoms with Gasteiger partial charge in [0.05, 0.1) is 17.0 Å². The number of likely N-dealkylation sites (tertiary alicyclic amines) is 1. The highest BCUT2D eigenvalue weighted by Gasteiger charge is 2.24. The summed E-state index contributed by atoms with van der Waals surface area (Å²) in [7, 11) is -2.05. The van der Waals surface area contributed by atoms with Gasteiger partial charge >= 0.3 is 6.03 Å². The van der Waals surface area contributed by atoms with E-state index in [4.69, 9.17) is 0 Å². The first-order valence-corrected chi connectivity index (χ1v) is 12.1. The summed E-state index contributed by atoms with van der Waals surface area (Å²) in [6.45, 7) is 1.89. The Kier molecular flexibility index (Phi) is 5.92. The SMILES string of the molecule is CN1CCC/C1=N\S(=O)(=O)c1cccc(NC(=O)Cc2csc(N3CCNC3=O)n2)c1. The van der Waals surface area contributed by atoms with Crippen LogP contribution in [0, 0.1) is 0 Å². The van der Waals surface area contributed by atoms with Crippen molar-refractivity contribution >= 4 is 50.0 Å². The maximum absolute atomic E-state index is 12.6. The van der Waals surface area contributed by atoms with Crippen LogP contribution in [-0.2, 0) is 21.2 Å². The topological polar surface area (TPSA) is 124 Å². The molecule has 10 nitrogen and oxygen atoms in total. The first-order chi connectivity index (χ1) is 14.8. The van der Waals surface area contributed by atoms with Gasteiger partial charge in [-0.3, -0.25) is 9.69 Å². The molecule has 4 rings (SSSR count). The summed E-state index contributed by atoms with van der Waals surface area (Å²) in [6, 6.07) is 5.84. The van der Waals surface area contributed by atoms with E-state index in [0.29, 0.717) is 41.9 Å². The van der Waals surface area contributed by atoms with Gasteiger partial charge in [0.2, 0.25) is 5.91 Å². The van der Waals surface area contributed by atoms with E-state index in [0.717, 1.165) is 13.0 Å². The van der Waals surface area contributed by atoms with Gasteiger partial charge in [-0.05, 0) is 24.6 Å². The number of nitrogens with one attached hydrogen (secondary N) is 2. The molecule has 0 spiro atoms. The third-order valence-corrected chi connectivity index (χ3v) is 7.16. The summed E-state index contributed by atoms with van der Waals surface area (Å²) in [5.41, 5.74) is 0.900. The molecule has 3 heterocycles. The summed E-state index contributed by atoms with van der Waals surface area (Å²) < 4.78 is 29.2. The molecule has 31 heavy (non-hydrogen) atoms. The lowest BCUT2D eigenvalue weighted by Gasteiger charge is -2.11. The fourth-order valence-electron chi connectivity index (χ4n) is 3.36. The van der Waals surface area contributed by atoms with Gasteiger partial charge in [-0.2, -0.15) is 8.42 Å². The van der Waals surface area contributed by atoms with Gasteiger partial charge in [0.25, 0.3) is 10.0 Å². The summed E-state index contributed by atoms with van der Waals surface area (Å²) >= 11 is 1.30. The number of thiazole rings is 1. The second kappa shape index (κ2) is 8.63. The summed E-state index contributed by atoms with van der Waals surface area (Å²) in [4.78, 5) is 31.9. The fourth-order valence-corrected chi connectivity index (χ4v) is 5.35. The number of amides is 3. The van der Waals surface area contributed by atoms with E-state index in [-0.39, 0.29) is 23.3 Å². The Labute approximate surface area is 184 Å². The van der Waals surface area contributed by atoms with Gasteiger partial charge in [0.1, 0.15) is 5.84 Å². The molecule has 2 saturated heterocycles.